The number of carbonyl (C=O) groups excluding carboxylic acids is 2. The molecule has 3 rings (SSSR count). The fourth-order valence-corrected chi connectivity index (χ4v) is 3.53. The Kier molecular flexibility index (Phi) is 6.60. The van der Waals surface area contributed by atoms with E-state index in [-0.39, 0.29) is 18.2 Å². The number of amides is 2. The van der Waals surface area contributed by atoms with Gasteiger partial charge >= 0.3 is 0 Å². The summed E-state index contributed by atoms with van der Waals surface area (Å²) >= 11 is 1.21. The maximum absolute atomic E-state index is 12.1. The minimum atomic E-state index is -0.511. The molecule has 1 saturated heterocycles. The minimum Gasteiger partial charge on any atom is -0.326 e. The molecule has 1 heterocycles. The van der Waals surface area contributed by atoms with Crippen molar-refractivity contribution in [3.8, 4) is 0 Å². The minimum absolute atomic E-state index is 0.0742. The molecule has 144 valence electrons. The van der Waals surface area contributed by atoms with Crippen LogP contribution in [0.1, 0.15) is 37.3 Å². The molecule has 7 heteroatoms. The van der Waals surface area contributed by atoms with E-state index in [1.54, 1.807) is 18.3 Å². The molecule has 28 heavy (non-hydrogen) atoms. The van der Waals surface area contributed by atoms with Gasteiger partial charge in [0, 0.05) is 12.1 Å². The van der Waals surface area contributed by atoms with Gasteiger partial charge in [-0.15, -0.1) is 5.10 Å². The van der Waals surface area contributed by atoms with Crippen LogP contribution in [0, 0.1) is 0 Å². The molecule has 0 radical (unpaired) electrons. The number of rotatable bonds is 6. The zero-order chi connectivity index (χ0) is 19.9. The lowest BCUT2D eigenvalue weighted by molar-refractivity contribution is -0.122. The molecule has 0 aromatic heterocycles. The van der Waals surface area contributed by atoms with E-state index in [0.29, 0.717) is 16.8 Å². The largest absolute Gasteiger partial charge is 0.326 e. The number of nitrogens with one attached hydrogen (secondary N) is 2. The van der Waals surface area contributed by atoms with Crippen LogP contribution in [0.15, 0.2) is 64.8 Å². The smallest absolute Gasteiger partial charge is 0.240 e. The first-order valence-electron chi connectivity index (χ1n) is 9.04. The van der Waals surface area contributed by atoms with Crippen LogP contribution < -0.4 is 10.6 Å². The number of hydrogen-bond donors (Lipinski definition) is 2. The zero-order valence-corrected chi connectivity index (χ0v) is 16.6. The monoisotopic (exact) mass is 394 g/mol. The maximum Gasteiger partial charge on any atom is 0.240 e. The van der Waals surface area contributed by atoms with E-state index in [1.807, 2.05) is 30.3 Å². The van der Waals surface area contributed by atoms with E-state index in [4.69, 9.17) is 0 Å². The van der Waals surface area contributed by atoms with E-state index in [0.717, 1.165) is 5.56 Å². The maximum atomic E-state index is 12.1. The van der Waals surface area contributed by atoms with Crippen LogP contribution in [0.4, 0.5) is 5.69 Å². The van der Waals surface area contributed by atoms with Gasteiger partial charge in [0.1, 0.15) is 5.25 Å². The van der Waals surface area contributed by atoms with E-state index < -0.39 is 5.25 Å². The van der Waals surface area contributed by atoms with Crippen LogP contribution in [0.2, 0.25) is 0 Å². The molecule has 1 fully saturated rings. The van der Waals surface area contributed by atoms with Crippen molar-refractivity contribution >= 4 is 40.6 Å². The summed E-state index contributed by atoms with van der Waals surface area (Å²) in [5.41, 5.74) is 2.90. The lowest BCUT2D eigenvalue weighted by atomic mass is 10.0. The molecular weight excluding hydrogens is 372 g/mol. The van der Waals surface area contributed by atoms with Crippen molar-refractivity contribution in [1.82, 2.24) is 5.32 Å². The highest BCUT2D eigenvalue weighted by Gasteiger charge is 2.32. The van der Waals surface area contributed by atoms with E-state index >= 15 is 0 Å². The predicted molar refractivity (Wildman–Crippen MR) is 115 cm³/mol. The molecular formula is C21H22N4O2S. The Morgan fingerprint density at radius 2 is 1.89 bits per heavy atom. The molecule has 1 unspecified atom stereocenters. The first-order valence-corrected chi connectivity index (χ1v) is 9.92. The van der Waals surface area contributed by atoms with Crippen LogP contribution in [0.25, 0.3) is 0 Å². The highest BCUT2D eigenvalue weighted by molar-refractivity contribution is 8.15. The summed E-state index contributed by atoms with van der Waals surface area (Å²) < 4.78 is 0. The zero-order valence-electron chi connectivity index (χ0n) is 15.8. The van der Waals surface area contributed by atoms with Crippen molar-refractivity contribution in [2.75, 3.05) is 5.32 Å². The second-order valence-electron chi connectivity index (χ2n) is 6.69. The Labute approximate surface area is 168 Å². The molecule has 2 N–H and O–H groups in total. The highest BCUT2D eigenvalue weighted by Crippen LogP contribution is 2.23. The summed E-state index contributed by atoms with van der Waals surface area (Å²) in [6.45, 7) is 4.29. The van der Waals surface area contributed by atoms with E-state index in [9.17, 15) is 9.59 Å². The number of anilines is 1. The molecule has 0 bridgehead atoms. The molecule has 2 aromatic carbocycles. The summed E-state index contributed by atoms with van der Waals surface area (Å²) in [5.74, 6) is 0.0321. The molecule has 1 aliphatic heterocycles. The Morgan fingerprint density at radius 3 is 2.57 bits per heavy atom. The summed E-state index contributed by atoms with van der Waals surface area (Å²) in [6.07, 6.45) is 1.71. The van der Waals surface area contributed by atoms with Crippen LogP contribution in [0.3, 0.4) is 0 Å². The Hall–Kier alpha value is -2.93. The molecule has 0 saturated carbocycles. The third-order valence-electron chi connectivity index (χ3n) is 4.16. The van der Waals surface area contributed by atoms with Crippen molar-refractivity contribution in [3.63, 3.8) is 0 Å². The number of hydrogen-bond acceptors (Lipinski definition) is 5. The molecule has 6 nitrogen and oxygen atoms in total. The highest BCUT2D eigenvalue weighted by atomic mass is 32.2. The summed E-state index contributed by atoms with van der Waals surface area (Å²) in [5, 5.41) is 13.4. The topological polar surface area (TPSA) is 82.9 Å². The quantitative estimate of drug-likeness (QED) is 0.578. The lowest BCUT2D eigenvalue weighted by Crippen LogP contribution is -2.28. The van der Waals surface area contributed by atoms with Crippen LogP contribution in [-0.4, -0.2) is 28.4 Å². The lowest BCUT2D eigenvalue weighted by Gasteiger charge is -2.06. The summed E-state index contributed by atoms with van der Waals surface area (Å²) in [4.78, 5) is 24.2. The summed E-state index contributed by atoms with van der Waals surface area (Å²) in [6, 6.07) is 17.2. The Balaban J connectivity index is 1.53. The molecule has 2 aromatic rings. The van der Waals surface area contributed by atoms with Crippen molar-refractivity contribution in [2.24, 2.45) is 10.2 Å². The SMILES string of the molecule is CC(C)c1ccc(C=NN=C2NC(=O)C(CC(=O)Nc3ccccc3)S2)cc1. The first kappa shape index (κ1) is 19.8. The molecule has 1 aliphatic rings. The molecule has 0 spiro atoms. The number of carbonyl (C=O) groups is 2. The van der Waals surface area contributed by atoms with E-state index in [2.05, 4.69) is 46.8 Å². The third kappa shape index (κ3) is 5.53. The third-order valence-corrected chi connectivity index (χ3v) is 5.24. The Morgan fingerprint density at radius 1 is 1.18 bits per heavy atom. The standard InChI is InChI=1S/C21H22N4O2S/c1-14(2)16-10-8-15(9-11-16)13-22-25-21-24-20(27)18(28-21)12-19(26)23-17-6-4-3-5-7-17/h3-11,13-14,18H,12H2,1-2H3,(H,23,26)(H,24,25,27). The van der Waals surface area contributed by atoms with Gasteiger partial charge in [-0.3, -0.25) is 9.59 Å². The number of thioether (sulfide) groups is 1. The second-order valence-corrected chi connectivity index (χ2v) is 7.88. The summed E-state index contributed by atoms with van der Waals surface area (Å²) in [7, 11) is 0. The van der Waals surface area contributed by atoms with Crippen molar-refractivity contribution < 1.29 is 9.59 Å². The van der Waals surface area contributed by atoms with Crippen molar-refractivity contribution in [3.05, 3.63) is 65.7 Å². The number of para-hydroxylation sites is 1. The molecule has 1 atom stereocenters. The number of amidine groups is 1. The fraction of sp³-hybridized carbons (Fsp3) is 0.238. The van der Waals surface area contributed by atoms with E-state index in [1.165, 1.54) is 17.3 Å². The average Bonchev–Trinajstić information content (AvgIpc) is 3.02. The molecule has 2 amide bonds. The van der Waals surface area contributed by atoms with Crippen LogP contribution >= 0.6 is 11.8 Å². The van der Waals surface area contributed by atoms with Gasteiger partial charge in [0.15, 0.2) is 5.17 Å². The van der Waals surface area contributed by atoms with Crippen LogP contribution in [-0.2, 0) is 9.59 Å². The van der Waals surface area contributed by atoms with Gasteiger partial charge in [0.05, 0.1) is 6.21 Å². The van der Waals surface area contributed by atoms with Gasteiger partial charge in [0.2, 0.25) is 11.8 Å². The number of benzene rings is 2. The molecule has 0 aliphatic carbocycles. The second kappa shape index (κ2) is 9.32. The van der Waals surface area contributed by atoms with Gasteiger partial charge in [-0.25, -0.2) is 0 Å². The van der Waals surface area contributed by atoms with Gasteiger partial charge in [-0.1, -0.05) is 68.1 Å². The van der Waals surface area contributed by atoms with Gasteiger partial charge in [-0.2, -0.15) is 5.10 Å². The average molecular weight is 394 g/mol. The van der Waals surface area contributed by atoms with Crippen molar-refractivity contribution in [1.29, 1.82) is 0 Å². The van der Waals surface area contributed by atoms with Crippen LogP contribution in [0.5, 0.6) is 0 Å². The van der Waals surface area contributed by atoms with Gasteiger partial charge in [-0.05, 0) is 29.2 Å². The normalized spacial score (nSPS) is 18.0. The van der Waals surface area contributed by atoms with Crippen molar-refractivity contribution in [2.45, 2.75) is 31.4 Å². The fourth-order valence-electron chi connectivity index (χ4n) is 2.60. The van der Waals surface area contributed by atoms with Gasteiger partial charge < -0.3 is 10.6 Å². The number of nitrogens with zero attached hydrogens (tertiary/aromatic N) is 2. The Bertz CT molecular complexity index is 892. The van der Waals surface area contributed by atoms with Gasteiger partial charge in [0.25, 0.3) is 0 Å². The predicted octanol–water partition coefficient (Wildman–Crippen LogP) is 3.76. The first-order chi connectivity index (χ1) is 13.5.